The van der Waals surface area contributed by atoms with Crippen LogP contribution in [0.1, 0.15) is 26.3 Å². The summed E-state index contributed by atoms with van der Waals surface area (Å²) in [4.78, 5) is 13.8. The molecule has 0 aliphatic carbocycles. The zero-order valence-corrected chi connectivity index (χ0v) is 20.3. The van der Waals surface area contributed by atoms with Crippen molar-refractivity contribution < 1.29 is 4.39 Å². The molecule has 0 spiro atoms. The van der Waals surface area contributed by atoms with Crippen LogP contribution in [0.15, 0.2) is 47.6 Å². The highest BCUT2D eigenvalue weighted by molar-refractivity contribution is 14.0. The van der Waals surface area contributed by atoms with E-state index in [0.717, 1.165) is 55.8 Å². The second kappa shape index (κ2) is 11.9. The molecule has 0 amide bonds. The molecular weight excluding hydrogens is 494 g/mol. The largest absolute Gasteiger partial charge is 0.368 e. The third-order valence-electron chi connectivity index (χ3n) is 4.79. The van der Waals surface area contributed by atoms with Gasteiger partial charge in [-0.2, -0.15) is 0 Å². The number of anilines is 2. The molecule has 2 heterocycles. The molecule has 6 nitrogen and oxygen atoms in total. The van der Waals surface area contributed by atoms with Gasteiger partial charge in [0.25, 0.3) is 0 Å². The molecule has 1 aromatic carbocycles. The average Bonchev–Trinajstić information content (AvgIpc) is 2.73. The molecule has 0 saturated carbocycles. The number of benzene rings is 1. The minimum Gasteiger partial charge on any atom is -0.368 e. The van der Waals surface area contributed by atoms with Crippen LogP contribution in [0.3, 0.4) is 0 Å². The van der Waals surface area contributed by atoms with Crippen LogP contribution in [0.5, 0.6) is 0 Å². The molecule has 3 rings (SSSR count). The molecule has 0 radical (unpaired) electrons. The zero-order valence-electron chi connectivity index (χ0n) is 17.9. The Morgan fingerprint density at radius 2 is 1.77 bits per heavy atom. The van der Waals surface area contributed by atoms with Gasteiger partial charge < -0.3 is 20.4 Å². The summed E-state index contributed by atoms with van der Waals surface area (Å²) in [5, 5.41) is 6.61. The van der Waals surface area contributed by atoms with Crippen molar-refractivity contribution in [3.8, 4) is 0 Å². The molecule has 0 bridgehead atoms. The Bertz CT molecular complexity index is 804. The third-order valence-corrected chi connectivity index (χ3v) is 4.79. The SMILES string of the molecule is CCNC(=NCc1ccnc(N2CCN(c3ccc(F)cc3)CC2)c1)NC(C)C.I. The van der Waals surface area contributed by atoms with E-state index in [0.29, 0.717) is 12.6 Å². The lowest BCUT2D eigenvalue weighted by Gasteiger charge is -2.36. The van der Waals surface area contributed by atoms with Gasteiger partial charge in [-0.1, -0.05) is 0 Å². The molecule has 2 aromatic rings. The van der Waals surface area contributed by atoms with E-state index in [9.17, 15) is 4.39 Å². The van der Waals surface area contributed by atoms with Gasteiger partial charge in [0, 0.05) is 50.6 Å². The topological polar surface area (TPSA) is 55.8 Å². The molecule has 164 valence electrons. The highest BCUT2D eigenvalue weighted by Gasteiger charge is 2.18. The van der Waals surface area contributed by atoms with Crippen LogP contribution in [0.25, 0.3) is 0 Å². The van der Waals surface area contributed by atoms with Crippen LogP contribution in [0.4, 0.5) is 15.9 Å². The van der Waals surface area contributed by atoms with Gasteiger partial charge in [-0.3, -0.25) is 0 Å². The van der Waals surface area contributed by atoms with Crippen LogP contribution in [-0.2, 0) is 6.54 Å². The van der Waals surface area contributed by atoms with Gasteiger partial charge in [0.2, 0.25) is 0 Å². The van der Waals surface area contributed by atoms with E-state index in [1.54, 1.807) is 0 Å². The number of aliphatic imine (C=N–C) groups is 1. The number of hydrogen-bond acceptors (Lipinski definition) is 4. The molecular formula is C22H32FIN6. The monoisotopic (exact) mass is 526 g/mol. The van der Waals surface area contributed by atoms with Crippen molar-refractivity contribution in [3.63, 3.8) is 0 Å². The van der Waals surface area contributed by atoms with E-state index in [2.05, 4.69) is 57.2 Å². The number of pyridine rings is 1. The number of nitrogens with one attached hydrogen (secondary N) is 2. The Hall–Kier alpha value is -2.10. The lowest BCUT2D eigenvalue weighted by Crippen LogP contribution is -2.46. The first-order chi connectivity index (χ1) is 14.0. The molecule has 0 unspecified atom stereocenters. The lowest BCUT2D eigenvalue weighted by molar-refractivity contribution is 0.624. The minimum absolute atomic E-state index is 0. The van der Waals surface area contributed by atoms with E-state index in [1.807, 2.05) is 24.4 Å². The number of piperazine rings is 1. The molecule has 8 heteroatoms. The summed E-state index contributed by atoms with van der Waals surface area (Å²) in [5.74, 6) is 1.61. The van der Waals surface area contributed by atoms with Crippen molar-refractivity contribution in [2.45, 2.75) is 33.4 Å². The van der Waals surface area contributed by atoms with Crippen molar-refractivity contribution in [1.29, 1.82) is 0 Å². The third kappa shape index (κ3) is 7.00. The quantitative estimate of drug-likeness (QED) is 0.342. The number of hydrogen-bond donors (Lipinski definition) is 2. The first kappa shape index (κ1) is 24.2. The van der Waals surface area contributed by atoms with Gasteiger partial charge >= 0.3 is 0 Å². The van der Waals surface area contributed by atoms with E-state index in [1.165, 1.54) is 12.1 Å². The molecule has 1 saturated heterocycles. The standard InChI is InChI=1S/C22H31FN6.HI/c1-4-24-22(27-17(2)3)26-16-18-9-10-25-21(15-18)29-13-11-28(12-14-29)20-7-5-19(23)6-8-20;/h5-10,15,17H,4,11-14,16H2,1-3H3,(H2,24,26,27);1H. The van der Waals surface area contributed by atoms with Gasteiger partial charge in [-0.15, -0.1) is 24.0 Å². The molecule has 1 aliphatic rings. The fourth-order valence-electron chi connectivity index (χ4n) is 3.34. The lowest BCUT2D eigenvalue weighted by atomic mass is 10.2. The van der Waals surface area contributed by atoms with Crippen molar-refractivity contribution in [1.82, 2.24) is 15.6 Å². The van der Waals surface area contributed by atoms with Gasteiger partial charge in [-0.25, -0.2) is 14.4 Å². The Kier molecular flexibility index (Phi) is 9.61. The summed E-state index contributed by atoms with van der Waals surface area (Å²) in [7, 11) is 0. The van der Waals surface area contributed by atoms with E-state index in [-0.39, 0.29) is 29.8 Å². The minimum atomic E-state index is -0.197. The number of guanidine groups is 1. The second-order valence-electron chi connectivity index (χ2n) is 7.47. The zero-order chi connectivity index (χ0) is 20.6. The Balaban J connectivity index is 0.00000320. The number of halogens is 2. The normalized spacial score (nSPS) is 14.5. The molecule has 30 heavy (non-hydrogen) atoms. The van der Waals surface area contributed by atoms with E-state index >= 15 is 0 Å². The van der Waals surface area contributed by atoms with Gasteiger partial charge in [0.15, 0.2) is 5.96 Å². The fraction of sp³-hybridized carbons (Fsp3) is 0.455. The highest BCUT2D eigenvalue weighted by Crippen LogP contribution is 2.20. The molecule has 2 N–H and O–H groups in total. The van der Waals surface area contributed by atoms with Crippen molar-refractivity contribution in [2.75, 3.05) is 42.5 Å². The fourth-order valence-corrected chi connectivity index (χ4v) is 3.34. The first-order valence-electron chi connectivity index (χ1n) is 10.3. The Morgan fingerprint density at radius 1 is 1.10 bits per heavy atom. The molecule has 0 atom stereocenters. The summed E-state index contributed by atoms with van der Waals surface area (Å²) < 4.78 is 13.1. The van der Waals surface area contributed by atoms with Gasteiger partial charge in [-0.05, 0) is 62.7 Å². The van der Waals surface area contributed by atoms with E-state index < -0.39 is 0 Å². The molecule has 1 aliphatic heterocycles. The maximum absolute atomic E-state index is 13.1. The number of rotatable bonds is 6. The number of aromatic nitrogens is 1. The van der Waals surface area contributed by atoms with Crippen LogP contribution in [0, 0.1) is 5.82 Å². The van der Waals surface area contributed by atoms with Crippen LogP contribution >= 0.6 is 24.0 Å². The smallest absolute Gasteiger partial charge is 0.191 e. The van der Waals surface area contributed by atoms with Crippen LogP contribution in [-0.4, -0.2) is 49.7 Å². The highest BCUT2D eigenvalue weighted by atomic mass is 127. The van der Waals surface area contributed by atoms with Crippen LogP contribution < -0.4 is 20.4 Å². The summed E-state index contributed by atoms with van der Waals surface area (Å²) in [6, 6.07) is 11.2. The summed E-state index contributed by atoms with van der Waals surface area (Å²) in [5.41, 5.74) is 2.20. The van der Waals surface area contributed by atoms with Gasteiger partial charge in [0.05, 0.1) is 6.54 Å². The first-order valence-corrected chi connectivity index (χ1v) is 10.3. The molecule has 1 fully saturated rings. The Labute approximate surface area is 196 Å². The van der Waals surface area contributed by atoms with Crippen molar-refractivity contribution in [3.05, 3.63) is 54.0 Å². The molecule has 1 aromatic heterocycles. The van der Waals surface area contributed by atoms with Crippen LogP contribution in [0.2, 0.25) is 0 Å². The average molecular weight is 526 g/mol. The predicted octanol–water partition coefficient (Wildman–Crippen LogP) is 3.63. The van der Waals surface area contributed by atoms with Crippen molar-refractivity contribution in [2.24, 2.45) is 4.99 Å². The summed E-state index contributed by atoms with van der Waals surface area (Å²) >= 11 is 0. The second-order valence-corrected chi connectivity index (χ2v) is 7.47. The summed E-state index contributed by atoms with van der Waals surface area (Å²) in [6.45, 7) is 11.2. The van der Waals surface area contributed by atoms with Gasteiger partial charge in [0.1, 0.15) is 11.6 Å². The number of nitrogens with zero attached hydrogens (tertiary/aromatic N) is 4. The Morgan fingerprint density at radius 3 is 2.40 bits per heavy atom. The maximum Gasteiger partial charge on any atom is 0.191 e. The maximum atomic E-state index is 13.1. The van der Waals surface area contributed by atoms with E-state index in [4.69, 9.17) is 0 Å². The van der Waals surface area contributed by atoms with Crippen molar-refractivity contribution >= 4 is 41.4 Å². The summed E-state index contributed by atoms with van der Waals surface area (Å²) in [6.07, 6.45) is 1.86. The predicted molar refractivity (Wildman–Crippen MR) is 134 cm³/mol.